The number of carbonyl (C=O) groups excluding carboxylic acids is 2. The molecule has 0 aromatic carbocycles. The van der Waals surface area contributed by atoms with E-state index in [9.17, 15) is 9.59 Å². The molecule has 1 aromatic heterocycles. The highest BCUT2D eigenvalue weighted by molar-refractivity contribution is 5.88. The van der Waals surface area contributed by atoms with Gasteiger partial charge < -0.3 is 20.1 Å². The number of esters is 1. The van der Waals surface area contributed by atoms with Gasteiger partial charge in [0.15, 0.2) is 0 Å². The van der Waals surface area contributed by atoms with Crippen molar-refractivity contribution in [3.8, 4) is 0 Å². The standard InChI is InChI=1S/C12H17N3O4/c1-18-6-5-14-11(16)8-15-9-3-4-13-10(7-9)12(17)19-2/h3-4,7H,5-6,8H2,1-2H3,(H,13,15)(H,14,16). The number of hydrogen-bond acceptors (Lipinski definition) is 6. The van der Waals surface area contributed by atoms with Gasteiger partial charge in [0.2, 0.25) is 5.91 Å². The summed E-state index contributed by atoms with van der Waals surface area (Å²) < 4.78 is 9.37. The first-order valence-electron chi connectivity index (χ1n) is 5.71. The van der Waals surface area contributed by atoms with Crippen LogP contribution in [0.3, 0.4) is 0 Å². The lowest BCUT2D eigenvalue weighted by Crippen LogP contribution is -2.32. The van der Waals surface area contributed by atoms with Gasteiger partial charge in [-0.2, -0.15) is 0 Å². The third-order valence-corrected chi connectivity index (χ3v) is 2.24. The number of anilines is 1. The van der Waals surface area contributed by atoms with Crippen LogP contribution in [0.1, 0.15) is 10.5 Å². The molecule has 0 unspecified atom stereocenters. The highest BCUT2D eigenvalue weighted by Gasteiger charge is 2.07. The first kappa shape index (κ1) is 14.9. The van der Waals surface area contributed by atoms with Gasteiger partial charge in [-0.3, -0.25) is 4.79 Å². The van der Waals surface area contributed by atoms with E-state index in [1.807, 2.05) is 0 Å². The molecular weight excluding hydrogens is 250 g/mol. The van der Waals surface area contributed by atoms with Crippen molar-refractivity contribution in [1.29, 1.82) is 0 Å². The quantitative estimate of drug-likeness (QED) is 0.535. The second-order valence-electron chi connectivity index (χ2n) is 3.62. The first-order chi connectivity index (χ1) is 9.17. The molecule has 2 N–H and O–H groups in total. The summed E-state index contributed by atoms with van der Waals surface area (Å²) in [5.41, 5.74) is 0.810. The molecule has 0 bridgehead atoms. The summed E-state index contributed by atoms with van der Waals surface area (Å²) in [6.07, 6.45) is 1.47. The van der Waals surface area contributed by atoms with Crippen LogP contribution in [0.15, 0.2) is 18.3 Å². The molecule has 19 heavy (non-hydrogen) atoms. The van der Waals surface area contributed by atoms with Gasteiger partial charge in [0.1, 0.15) is 5.69 Å². The van der Waals surface area contributed by atoms with Crippen molar-refractivity contribution in [3.63, 3.8) is 0 Å². The SMILES string of the molecule is COCCNC(=O)CNc1ccnc(C(=O)OC)c1. The molecule has 0 fully saturated rings. The Morgan fingerprint density at radius 1 is 1.37 bits per heavy atom. The number of hydrogen-bond donors (Lipinski definition) is 2. The topological polar surface area (TPSA) is 89.5 Å². The molecule has 104 valence electrons. The lowest BCUT2D eigenvalue weighted by Gasteiger charge is -2.08. The summed E-state index contributed by atoms with van der Waals surface area (Å²) in [5, 5.41) is 5.56. The number of methoxy groups -OCH3 is 2. The number of pyridine rings is 1. The van der Waals surface area contributed by atoms with Crippen molar-refractivity contribution in [1.82, 2.24) is 10.3 Å². The minimum atomic E-state index is -0.520. The smallest absolute Gasteiger partial charge is 0.356 e. The predicted octanol–water partition coefficient (Wildman–Crippen LogP) is 0.0427. The van der Waals surface area contributed by atoms with Gasteiger partial charge in [0, 0.05) is 25.5 Å². The Morgan fingerprint density at radius 2 is 2.16 bits per heavy atom. The van der Waals surface area contributed by atoms with Crippen molar-refractivity contribution in [2.75, 3.05) is 39.2 Å². The summed E-state index contributed by atoms with van der Waals surface area (Å²) in [7, 11) is 2.85. The Balaban J connectivity index is 2.44. The van der Waals surface area contributed by atoms with Crippen LogP contribution in [0.2, 0.25) is 0 Å². The van der Waals surface area contributed by atoms with Gasteiger partial charge in [0.25, 0.3) is 0 Å². The zero-order valence-corrected chi connectivity index (χ0v) is 10.9. The third-order valence-electron chi connectivity index (χ3n) is 2.24. The fourth-order valence-corrected chi connectivity index (χ4v) is 1.29. The minimum Gasteiger partial charge on any atom is -0.464 e. The number of nitrogens with zero attached hydrogens (tertiary/aromatic N) is 1. The molecule has 0 aliphatic rings. The molecule has 0 aliphatic carbocycles. The minimum absolute atomic E-state index is 0.105. The average Bonchev–Trinajstić information content (AvgIpc) is 2.45. The van der Waals surface area contributed by atoms with E-state index in [1.165, 1.54) is 19.4 Å². The molecule has 7 heteroatoms. The molecule has 7 nitrogen and oxygen atoms in total. The Hall–Kier alpha value is -2.15. The van der Waals surface area contributed by atoms with Crippen LogP contribution in [0.4, 0.5) is 5.69 Å². The van der Waals surface area contributed by atoms with Crippen LogP contribution in [0, 0.1) is 0 Å². The summed E-state index contributed by atoms with van der Waals surface area (Å²) in [6.45, 7) is 1.03. The van der Waals surface area contributed by atoms with E-state index in [0.717, 1.165) is 0 Å². The van der Waals surface area contributed by atoms with E-state index < -0.39 is 5.97 Å². The lowest BCUT2D eigenvalue weighted by molar-refractivity contribution is -0.119. The molecule has 1 heterocycles. The van der Waals surface area contributed by atoms with Crippen LogP contribution >= 0.6 is 0 Å². The number of ether oxygens (including phenoxy) is 2. The predicted molar refractivity (Wildman–Crippen MR) is 69.0 cm³/mol. The van der Waals surface area contributed by atoms with Crippen molar-refractivity contribution < 1.29 is 19.1 Å². The van der Waals surface area contributed by atoms with Gasteiger partial charge in [-0.25, -0.2) is 9.78 Å². The lowest BCUT2D eigenvalue weighted by atomic mass is 10.3. The maximum atomic E-state index is 11.4. The summed E-state index contributed by atoms with van der Waals surface area (Å²) in [4.78, 5) is 26.6. The largest absolute Gasteiger partial charge is 0.464 e. The van der Waals surface area contributed by atoms with E-state index in [0.29, 0.717) is 18.8 Å². The van der Waals surface area contributed by atoms with Crippen molar-refractivity contribution in [2.45, 2.75) is 0 Å². The van der Waals surface area contributed by atoms with E-state index in [2.05, 4.69) is 20.4 Å². The Labute approximate surface area is 111 Å². The highest BCUT2D eigenvalue weighted by atomic mass is 16.5. The Morgan fingerprint density at radius 3 is 2.84 bits per heavy atom. The number of amides is 1. The van der Waals surface area contributed by atoms with Crippen LogP contribution in [-0.4, -0.2) is 50.8 Å². The third kappa shape index (κ3) is 5.35. The van der Waals surface area contributed by atoms with E-state index in [4.69, 9.17) is 4.74 Å². The van der Waals surface area contributed by atoms with Crippen molar-refractivity contribution in [3.05, 3.63) is 24.0 Å². The van der Waals surface area contributed by atoms with E-state index in [1.54, 1.807) is 13.2 Å². The molecule has 0 radical (unpaired) electrons. The summed E-state index contributed by atoms with van der Waals surface area (Å²) in [5.74, 6) is -0.679. The van der Waals surface area contributed by atoms with Crippen LogP contribution in [-0.2, 0) is 14.3 Å². The van der Waals surface area contributed by atoms with Gasteiger partial charge in [0.05, 0.1) is 20.3 Å². The molecule has 0 saturated heterocycles. The van der Waals surface area contributed by atoms with Gasteiger partial charge >= 0.3 is 5.97 Å². The van der Waals surface area contributed by atoms with Crippen LogP contribution < -0.4 is 10.6 Å². The zero-order valence-electron chi connectivity index (χ0n) is 10.9. The fraction of sp³-hybridized carbons (Fsp3) is 0.417. The van der Waals surface area contributed by atoms with Crippen LogP contribution in [0.5, 0.6) is 0 Å². The molecule has 0 aliphatic heterocycles. The van der Waals surface area contributed by atoms with Crippen molar-refractivity contribution >= 4 is 17.6 Å². The first-order valence-corrected chi connectivity index (χ1v) is 5.71. The Kier molecular flexibility index (Phi) is 6.31. The monoisotopic (exact) mass is 267 g/mol. The summed E-state index contributed by atoms with van der Waals surface area (Å²) >= 11 is 0. The van der Waals surface area contributed by atoms with E-state index >= 15 is 0 Å². The average molecular weight is 267 g/mol. The number of carbonyl (C=O) groups is 2. The molecule has 0 atom stereocenters. The molecule has 0 saturated carbocycles. The molecule has 1 aromatic rings. The van der Waals surface area contributed by atoms with Crippen molar-refractivity contribution in [2.24, 2.45) is 0 Å². The maximum absolute atomic E-state index is 11.4. The van der Waals surface area contributed by atoms with E-state index in [-0.39, 0.29) is 18.1 Å². The molecule has 0 spiro atoms. The highest BCUT2D eigenvalue weighted by Crippen LogP contribution is 2.08. The number of aromatic nitrogens is 1. The molecule has 1 rings (SSSR count). The zero-order chi connectivity index (χ0) is 14.1. The summed E-state index contributed by atoms with van der Waals surface area (Å²) in [6, 6.07) is 3.18. The normalized spacial score (nSPS) is 9.79. The Bertz CT molecular complexity index is 437. The van der Waals surface area contributed by atoms with Gasteiger partial charge in [-0.05, 0) is 12.1 Å². The maximum Gasteiger partial charge on any atom is 0.356 e. The second-order valence-corrected chi connectivity index (χ2v) is 3.62. The number of nitrogens with one attached hydrogen (secondary N) is 2. The molecule has 1 amide bonds. The fourth-order valence-electron chi connectivity index (χ4n) is 1.29. The number of rotatable bonds is 7. The van der Waals surface area contributed by atoms with Gasteiger partial charge in [-0.15, -0.1) is 0 Å². The molecular formula is C12H17N3O4. The second kappa shape index (κ2) is 8.04. The van der Waals surface area contributed by atoms with Gasteiger partial charge in [-0.1, -0.05) is 0 Å². The van der Waals surface area contributed by atoms with Crippen LogP contribution in [0.25, 0.3) is 0 Å².